The van der Waals surface area contributed by atoms with Crippen molar-refractivity contribution in [1.82, 2.24) is 0 Å². The second-order valence-electron chi connectivity index (χ2n) is 3.86. The maximum Gasteiger partial charge on any atom is 0.157 e. The molecule has 0 bridgehead atoms. The van der Waals surface area contributed by atoms with Crippen LogP contribution in [0.2, 0.25) is 15.1 Å². The van der Waals surface area contributed by atoms with Crippen LogP contribution in [0.25, 0.3) is 0 Å². The highest BCUT2D eigenvalue weighted by atomic mass is 35.5. The molecular weight excluding hydrogens is 286 g/mol. The van der Waals surface area contributed by atoms with Gasteiger partial charge in [-0.15, -0.1) is 0 Å². The fourth-order valence-electron chi connectivity index (χ4n) is 1.78. The molecule has 0 aliphatic heterocycles. The molecule has 6 heteroatoms. The molecule has 1 saturated carbocycles. The molecule has 3 unspecified atom stereocenters. The first kappa shape index (κ1) is 13.2. The third-order valence-corrected chi connectivity index (χ3v) is 3.50. The lowest BCUT2D eigenvalue weighted by atomic mass is 9.88. The molecule has 1 aliphatic rings. The first-order chi connectivity index (χ1) is 8.02. The maximum atomic E-state index is 9.45. The monoisotopic (exact) mass is 296 g/mol. The Hall–Kier alpha value is -0.190. The number of benzene rings is 1. The summed E-state index contributed by atoms with van der Waals surface area (Å²) in [4.78, 5) is 0. The van der Waals surface area contributed by atoms with Gasteiger partial charge in [0.2, 0.25) is 0 Å². The molecule has 0 amide bonds. The zero-order valence-corrected chi connectivity index (χ0v) is 11.3. The number of hydrogen-bond acceptors (Lipinski definition) is 3. The lowest BCUT2D eigenvalue weighted by Gasteiger charge is -2.40. The molecule has 1 aromatic carbocycles. The van der Waals surface area contributed by atoms with E-state index in [9.17, 15) is 5.11 Å². The minimum absolute atomic E-state index is 0.244. The van der Waals surface area contributed by atoms with Crippen molar-refractivity contribution in [3.63, 3.8) is 0 Å². The van der Waals surface area contributed by atoms with Crippen LogP contribution in [0.4, 0.5) is 0 Å². The Bertz CT molecular complexity index is 401. The second-order valence-corrected chi connectivity index (χ2v) is 5.11. The number of methoxy groups -OCH3 is 1. The summed E-state index contributed by atoms with van der Waals surface area (Å²) in [6.07, 6.45) is -0.604. The molecule has 0 aromatic heterocycles. The topological polar surface area (TPSA) is 38.7 Å². The van der Waals surface area contributed by atoms with Crippen LogP contribution in [-0.2, 0) is 4.74 Å². The molecule has 1 N–H and O–H groups in total. The van der Waals surface area contributed by atoms with Gasteiger partial charge >= 0.3 is 0 Å². The summed E-state index contributed by atoms with van der Waals surface area (Å²) in [7, 11) is 1.52. The Kier molecular flexibility index (Phi) is 4.06. The average molecular weight is 298 g/mol. The number of rotatable bonds is 3. The van der Waals surface area contributed by atoms with Crippen molar-refractivity contribution in [2.24, 2.45) is 0 Å². The third kappa shape index (κ3) is 2.64. The van der Waals surface area contributed by atoms with E-state index in [4.69, 9.17) is 44.3 Å². The first-order valence-electron chi connectivity index (χ1n) is 5.05. The van der Waals surface area contributed by atoms with E-state index >= 15 is 0 Å². The second kappa shape index (κ2) is 5.21. The van der Waals surface area contributed by atoms with Gasteiger partial charge in [-0.3, -0.25) is 0 Å². The van der Waals surface area contributed by atoms with Gasteiger partial charge in [0.05, 0.1) is 16.1 Å². The van der Waals surface area contributed by atoms with E-state index in [1.54, 1.807) is 12.1 Å². The van der Waals surface area contributed by atoms with Gasteiger partial charge in [0.15, 0.2) is 5.75 Å². The van der Waals surface area contributed by atoms with Crippen LogP contribution in [0.1, 0.15) is 6.42 Å². The minimum atomic E-state index is -0.505. The van der Waals surface area contributed by atoms with Gasteiger partial charge < -0.3 is 14.6 Å². The van der Waals surface area contributed by atoms with E-state index in [0.29, 0.717) is 27.2 Å². The quantitative estimate of drug-likeness (QED) is 0.931. The summed E-state index contributed by atoms with van der Waals surface area (Å²) in [5.74, 6) is 0.372. The fraction of sp³-hybridized carbons (Fsp3) is 0.455. The molecule has 0 heterocycles. The summed E-state index contributed by atoms with van der Waals surface area (Å²) in [5.41, 5.74) is 0. The molecule has 1 aliphatic carbocycles. The van der Waals surface area contributed by atoms with E-state index in [1.165, 1.54) is 7.11 Å². The van der Waals surface area contributed by atoms with Gasteiger partial charge in [0.1, 0.15) is 12.2 Å². The Morgan fingerprint density at radius 3 is 2.29 bits per heavy atom. The molecule has 0 saturated heterocycles. The number of aliphatic hydroxyl groups is 1. The zero-order valence-electron chi connectivity index (χ0n) is 8.99. The van der Waals surface area contributed by atoms with Crippen LogP contribution in [0.15, 0.2) is 12.1 Å². The van der Waals surface area contributed by atoms with Crippen molar-refractivity contribution in [2.75, 3.05) is 7.11 Å². The third-order valence-electron chi connectivity index (χ3n) is 2.72. The molecule has 17 heavy (non-hydrogen) atoms. The molecule has 3 atom stereocenters. The largest absolute Gasteiger partial charge is 0.484 e. The summed E-state index contributed by atoms with van der Waals surface area (Å²) in [6.45, 7) is 0. The first-order valence-corrected chi connectivity index (χ1v) is 6.18. The van der Waals surface area contributed by atoms with Gasteiger partial charge in [0, 0.05) is 18.6 Å². The predicted octanol–water partition coefficient (Wildman–Crippen LogP) is 3.17. The molecule has 0 spiro atoms. The van der Waals surface area contributed by atoms with Gasteiger partial charge in [0.25, 0.3) is 0 Å². The fourth-order valence-corrected chi connectivity index (χ4v) is 2.68. The SMILES string of the molecule is COC1C(O)CC1Oc1c(Cl)cc(Cl)cc1Cl. The van der Waals surface area contributed by atoms with Crippen molar-refractivity contribution in [3.8, 4) is 5.75 Å². The van der Waals surface area contributed by atoms with Crippen molar-refractivity contribution in [1.29, 1.82) is 0 Å². The highest BCUT2D eigenvalue weighted by Crippen LogP contribution is 2.39. The van der Waals surface area contributed by atoms with Gasteiger partial charge in [-0.1, -0.05) is 34.8 Å². The molecule has 94 valence electrons. The highest BCUT2D eigenvalue weighted by Gasteiger charge is 2.42. The van der Waals surface area contributed by atoms with Crippen LogP contribution in [0.3, 0.4) is 0 Å². The molecule has 3 nitrogen and oxygen atoms in total. The van der Waals surface area contributed by atoms with Gasteiger partial charge in [-0.25, -0.2) is 0 Å². The van der Waals surface area contributed by atoms with Crippen molar-refractivity contribution >= 4 is 34.8 Å². The minimum Gasteiger partial charge on any atom is -0.484 e. The molecule has 1 aromatic rings. The lowest BCUT2D eigenvalue weighted by molar-refractivity contribution is -0.149. The highest BCUT2D eigenvalue weighted by molar-refractivity contribution is 6.40. The summed E-state index contributed by atoms with van der Waals surface area (Å²) in [6, 6.07) is 3.11. The van der Waals surface area contributed by atoms with E-state index < -0.39 is 6.10 Å². The summed E-state index contributed by atoms with van der Waals surface area (Å²) in [5, 5.41) is 10.6. The smallest absolute Gasteiger partial charge is 0.157 e. The number of aliphatic hydroxyl groups excluding tert-OH is 1. The number of hydrogen-bond donors (Lipinski definition) is 1. The van der Waals surface area contributed by atoms with Crippen LogP contribution >= 0.6 is 34.8 Å². The lowest BCUT2D eigenvalue weighted by Crippen LogP contribution is -2.54. The Morgan fingerprint density at radius 2 is 1.82 bits per heavy atom. The number of ether oxygens (including phenoxy) is 2. The van der Waals surface area contributed by atoms with E-state index in [0.717, 1.165) is 0 Å². The molecule has 1 fully saturated rings. The van der Waals surface area contributed by atoms with E-state index in [1.807, 2.05) is 0 Å². The summed E-state index contributed by atoms with van der Waals surface area (Å²) < 4.78 is 10.7. The van der Waals surface area contributed by atoms with E-state index in [-0.39, 0.29) is 12.2 Å². The average Bonchev–Trinajstić information content (AvgIpc) is 2.21. The van der Waals surface area contributed by atoms with Crippen molar-refractivity contribution in [3.05, 3.63) is 27.2 Å². The van der Waals surface area contributed by atoms with Crippen molar-refractivity contribution in [2.45, 2.75) is 24.7 Å². The van der Waals surface area contributed by atoms with Gasteiger partial charge in [-0.2, -0.15) is 0 Å². The van der Waals surface area contributed by atoms with Crippen LogP contribution in [0.5, 0.6) is 5.75 Å². The van der Waals surface area contributed by atoms with Crippen molar-refractivity contribution < 1.29 is 14.6 Å². The maximum absolute atomic E-state index is 9.45. The van der Waals surface area contributed by atoms with Gasteiger partial charge in [-0.05, 0) is 12.1 Å². The molecule has 2 rings (SSSR count). The zero-order chi connectivity index (χ0) is 12.6. The standard InChI is InChI=1S/C11H11Cl3O3/c1-16-11-8(15)4-9(11)17-10-6(13)2-5(12)3-7(10)14/h2-3,8-9,11,15H,4H2,1H3. The predicted molar refractivity (Wildman–Crippen MR) is 67.3 cm³/mol. The van der Waals surface area contributed by atoms with Crippen LogP contribution in [-0.4, -0.2) is 30.5 Å². The number of halogens is 3. The van der Waals surface area contributed by atoms with Crippen LogP contribution < -0.4 is 4.74 Å². The molecular formula is C11H11Cl3O3. The Balaban J connectivity index is 2.14. The normalized spacial score (nSPS) is 27.7. The summed E-state index contributed by atoms with van der Waals surface area (Å²) >= 11 is 17.8. The molecule has 0 radical (unpaired) electrons. The van der Waals surface area contributed by atoms with Crippen LogP contribution in [0, 0.1) is 0 Å². The van der Waals surface area contributed by atoms with E-state index in [2.05, 4.69) is 0 Å². The Morgan fingerprint density at radius 1 is 1.24 bits per heavy atom. The Labute approximate surface area is 114 Å².